The fourth-order valence-corrected chi connectivity index (χ4v) is 7.36. The molecule has 0 radical (unpaired) electrons. The minimum atomic E-state index is -1.24. The summed E-state index contributed by atoms with van der Waals surface area (Å²) < 4.78 is 0. The molecule has 0 amide bonds. The van der Waals surface area contributed by atoms with Gasteiger partial charge in [0.25, 0.3) is 0 Å². The number of hydrogen-bond donors (Lipinski definition) is 3. The summed E-state index contributed by atoms with van der Waals surface area (Å²) in [6, 6.07) is -2.68. The van der Waals surface area contributed by atoms with Crippen molar-refractivity contribution in [2.45, 2.75) is 270 Å². The zero-order valence-corrected chi connectivity index (χ0v) is 45.2. The van der Waals surface area contributed by atoms with Crippen molar-refractivity contribution in [2.75, 3.05) is 19.6 Å². The summed E-state index contributed by atoms with van der Waals surface area (Å²) in [6.07, 6.45) is 36.1. The van der Waals surface area contributed by atoms with Gasteiger partial charge in [0, 0.05) is 36.0 Å². The molecular weight excluding hydrogens is 901 g/mol. The topological polar surface area (TPSA) is 277 Å². The Morgan fingerprint density at radius 3 is 0.603 bits per heavy atom. The molecule has 0 aliphatic carbocycles. The van der Waals surface area contributed by atoms with Crippen molar-refractivity contribution in [3.63, 3.8) is 0 Å². The number of unbranched alkanes of at least 4 members (excludes halogenated alkanes) is 27. The Morgan fingerprint density at radius 2 is 0.456 bits per heavy atom. The van der Waals surface area contributed by atoms with Crippen LogP contribution in [0.4, 0.5) is 0 Å². The fraction of sp³-hybridized carbons (Fsp3) is 0.882. The zero-order valence-electron chi connectivity index (χ0n) is 42.9. The molecule has 390 valence electrons. The maximum absolute atomic E-state index is 10.8. The van der Waals surface area contributed by atoms with Crippen LogP contribution < -0.4 is 46.6 Å². The second-order valence-corrected chi connectivity index (χ2v) is 17.8. The van der Waals surface area contributed by atoms with E-state index in [0.29, 0.717) is 19.6 Å². The Kier molecular flexibility index (Phi) is 64.9. The van der Waals surface area contributed by atoms with Crippen LogP contribution in [0.1, 0.15) is 252 Å². The van der Waals surface area contributed by atoms with Gasteiger partial charge in [-0.15, -0.1) is 0 Å². The van der Waals surface area contributed by atoms with Crippen LogP contribution in [0.2, 0.25) is 0 Å². The Balaban J connectivity index is -0.000000288. The number of carboxylic acid groups (broad SMARTS) is 6. The summed E-state index contributed by atoms with van der Waals surface area (Å²) in [5.41, 5.74) is 0. The van der Waals surface area contributed by atoms with Gasteiger partial charge in [0.1, 0.15) is 0 Å². The van der Waals surface area contributed by atoms with Crippen LogP contribution in [0.5, 0.6) is 0 Å². The number of carboxylic acids is 6. The van der Waals surface area contributed by atoms with E-state index < -0.39 is 53.9 Å². The van der Waals surface area contributed by atoms with Gasteiger partial charge >= 0.3 is 34.7 Å². The quantitative estimate of drug-likeness (QED) is 0.0584. The van der Waals surface area contributed by atoms with Gasteiger partial charge in [-0.3, -0.25) is 0 Å². The van der Waals surface area contributed by atoms with Crippen molar-refractivity contribution in [1.82, 2.24) is 16.0 Å². The van der Waals surface area contributed by atoms with Crippen molar-refractivity contribution in [3.05, 3.63) is 0 Å². The fourth-order valence-electron chi connectivity index (χ4n) is 7.36. The molecule has 15 nitrogen and oxygen atoms in total. The Labute approximate surface area is 433 Å². The van der Waals surface area contributed by atoms with Gasteiger partial charge in [0.05, 0.1) is 17.9 Å². The molecule has 3 N–H and O–H groups in total. The normalized spacial score (nSPS) is 11.9. The first-order chi connectivity index (χ1) is 31.7. The molecule has 0 saturated heterocycles. The van der Waals surface area contributed by atoms with Gasteiger partial charge in [0.15, 0.2) is 0 Å². The molecule has 0 bridgehead atoms. The van der Waals surface area contributed by atoms with E-state index >= 15 is 0 Å². The van der Waals surface area contributed by atoms with Crippen LogP contribution >= 0.6 is 0 Å². The van der Waals surface area contributed by atoms with Crippen LogP contribution in [-0.4, -0.2) is 108 Å². The van der Waals surface area contributed by atoms with Crippen molar-refractivity contribution < 1.29 is 59.4 Å². The van der Waals surface area contributed by atoms with E-state index in [2.05, 4.69) is 36.7 Å². The molecule has 0 aromatic rings. The largest absolute Gasteiger partial charge is 3.00 e. The first-order valence-electron chi connectivity index (χ1n) is 26.1. The molecule has 3 atom stereocenters. The molecule has 0 fully saturated rings. The zero-order chi connectivity index (χ0) is 49.9. The maximum atomic E-state index is 10.8. The summed E-state index contributed by atoms with van der Waals surface area (Å²) in [6.45, 7) is 8.42. The van der Waals surface area contributed by atoms with Crippen LogP contribution in [0, 0.1) is 0 Å². The molecule has 0 spiro atoms. The molecule has 0 unspecified atom stereocenters. The predicted molar refractivity (Wildman–Crippen MR) is 260 cm³/mol. The monoisotopic (exact) mass is 994 g/mol. The van der Waals surface area contributed by atoms with E-state index in [-0.39, 0.29) is 73.2 Å². The first kappa shape index (κ1) is 74.7. The van der Waals surface area contributed by atoms with Gasteiger partial charge < -0.3 is 75.4 Å². The third-order valence-corrected chi connectivity index (χ3v) is 11.5. The summed E-state index contributed by atoms with van der Waals surface area (Å²) in [7, 11) is 0. The molecule has 0 rings (SSSR count). The number of carbonyl (C=O) groups excluding carboxylic acids is 6. The maximum Gasteiger partial charge on any atom is 3.00 e. The molecule has 0 aromatic heterocycles. The van der Waals surface area contributed by atoms with Gasteiger partial charge in [-0.2, -0.15) is 0 Å². The van der Waals surface area contributed by atoms with Crippen molar-refractivity contribution in [2.24, 2.45) is 0 Å². The average Bonchev–Trinajstić information content (AvgIpc) is 3.26. The smallest absolute Gasteiger partial charge is 0.550 e. The van der Waals surface area contributed by atoms with Gasteiger partial charge in [-0.1, -0.05) is 194 Å². The van der Waals surface area contributed by atoms with Crippen molar-refractivity contribution in [3.8, 4) is 0 Å². The third kappa shape index (κ3) is 61.8. The van der Waals surface area contributed by atoms with E-state index in [0.717, 1.165) is 38.5 Å². The minimum absolute atomic E-state index is 0. The van der Waals surface area contributed by atoms with Crippen LogP contribution in [0.15, 0.2) is 0 Å². The molecule has 0 saturated carbocycles. The van der Waals surface area contributed by atoms with E-state index in [4.69, 9.17) is 0 Å². The SMILES string of the molecule is CCCCCCCCCCCCN[C@@H](CCC(=O)[O-])C(=O)[O-].CCCCCCCCCCCCN[C@@H](CCC(=O)[O-])C(=O)[O-].CCCCCCCCCCCCN[C@@H](CCC(=O)[O-])C(=O)[O-].[Al+3].[Al+3]. The second kappa shape index (κ2) is 59.1. The van der Waals surface area contributed by atoms with Crippen LogP contribution in [0.25, 0.3) is 0 Å². The number of rotatable bonds is 48. The summed E-state index contributed by atoms with van der Waals surface area (Å²) in [5, 5.41) is 72.1. The summed E-state index contributed by atoms with van der Waals surface area (Å²) in [5.74, 6) is -7.42. The van der Waals surface area contributed by atoms with E-state index in [1.165, 1.54) is 154 Å². The molecular formula is C51H93Al2N3O12. The number of nitrogens with one attached hydrogen (secondary N) is 3. The minimum Gasteiger partial charge on any atom is -0.550 e. The van der Waals surface area contributed by atoms with Crippen LogP contribution in [-0.2, 0) is 28.8 Å². The molecule has 17 heteroatoms. The number of aliphatic carboxylic acids is 6. The Hall–Kier alpha value is -2.24. The Morgan fingerprint density at radius 1 is 0.294 bits per heavy atom. The van der Waals surface area contributed by atoms with E-state index in [9.17, 15) is 59.4 Å². The van der Waals surface area contributed by atoms with Gasteiger partial charge in [-0.25, -0.2) is 0 Å². The van der Waals surface area contributed by atoms with Crippen molar-refractivity contribution >= 4 is 70.5 Å². The first-order valence-corrected chi connectivity index (χ1v) is 26.1. The molecule has 0 aliphatic rings. The average molecular weight is 994 g/mol. The predicted octanol–water partition coefficient (Wildman–Crippen LogP) is 2.67. The molecule has 0 heterocycles. The summed E-state index contributed by atoms with van der Waals surface area (Å²) in [4.78, 5) is 63.5. The van der Waals surface area contributed by atoms with Crippen molar-refractivity contribution in [1.29, 1.82) is 0 Å². The van der Waals surface area contributed by atoms with Gasteiger partial charge in [-0.05, 0) is 77.4 Å². The third-order valence-electron chi connectivity index (χ3n) is 11.5. The Bertz CT molecular complexity index is 1030. The van der Waals surface area contributed by atoms with E-state index in [1.807, 2.05) is 0 Å². The standard InChI is InChI=1S/3C17H33NO4.2Al/c3*1-2-3-4-5-6-7-8-9-10-11-14-18-15(17(21)22)12-13-16(19)20;;/h3*15,18H,2-14H2,1H3,(H,19,20)(H,21,22);;/q;;;2*+3/p-6/t3*15-;;/m000../s1. The second-order valence-electron chi connectivity index (χ2n) is 17.8. The number of hydrogen-bond acceptors (Lipinski definition) is 15. The summed E-state index contributed by atoms with van der Waals surface area (Å²) >= 11 is 0. The van der Waals surface area contributed by atoms with Gasteiger partial charge in [0.2, 0.25) is 0 Å². The van der Waals surface area contributed by atoms with E-state index in [1.54, 1.807) is 0 Å². The van der Waals surface area contributed by atoms with Crippen LogP contribution in [0.3, 0.4) is 0 Å². The molecule has 0 aliphatic heterocycles. The molecule has 68 heavy (non-hydrogen) atoms. The number of carbonyl (C=O) groups is 6. The molecule has 0 aromatic carbocycles.